The lowest BCUT2D eigenvalue weighted by Gasteiger charge is -2.35. The standard InChI is InChI=1S/C24H22ClN5OS/c25-19-8-9-22(26-15-19)28-10-12-29(13-11-28)24(31)20-17-30(16-18-5-2-1-3-6-18)27-23(20)21-7-4-14-32-21/h1-9,14-15,17H,10-13,16H2. The topological polar surface area (TPSA) is 54.3 Å². The summed E-state index contributed by atoms with van der Waals surface area (Å²) in [5.74, 6) is 0.910. The van der Waals surface area contributed by atoms with Gasteiger partial charge in [0.05, 0.1) is 22.0 Å². The number of halogens is 1. The molecule has 5 rings (SSSR count). The van der Waals surface area contributed by atoms with Crippen LogP contribution in [0.5, 0.6) is 0 Å². The highest BCUT2D eigenvalue weighted by atomic mass is 35.5. The van der Waals surface area contributed by atoms with E-state index in [1.54, 1.807) is 17.5 Å². The van der Waals surface area contributed by atoms with Crippen LogP contribution in [0, 0.1) is 0 Å². The van der Waals surface area contributed by atoms with Crippen LogP contribution < -0.4 is 4.90 Å². The van der Waals surface area contributed by atoms with Gasteiger partial charge in [0.25, 0.3) is 5.91 Å². The van der Waals surface area contributed by atoms with Crippen molar-refractivity contribution in [3.05, 3.63) is 88.5 Å². The lowest BCUT2D eigenvalue weighted by Crippen LogP contribution is -2.49. The summed E-state index contributed by atoms with van der Waals surface area (Å²) in [5.41, 5.74) is 2.56. The maximum atomic E-state index is 13.5. The van der Waals surface area contributed by atoms with E-state index in [0.29, 0.717) is 30.2 Å². The lowest BCUT2D eigenvalue weighted by molar-refractivity contribution is 0.0747. The molecule has 0 spiro atoms. The molecule has 0 aliphatic carbocycles. The fourth-order valence-corrected chi connectivity index (χ4v) is 4.72. The first kappa shape index (κ1) is 20.7. The first-order valence-corrected chi connectivity index (χ1v) is 11.7. The van der Waals surface area contributed by atoms with E-state index in [9.17, 15) is 4.79 Å². The molecular formula is C24H22ClN5OS. The first-order valence-electron chi connectivity index (χ1n) is 10.5. The van der Waals surface area contributed by atoms with Gasteiger partial charge in [-0.1, -0.05) is 48.0 Å². The van der Waals surface area contributed by atoms with Gasteiger partial charge in [0.2, 0.25) is 0 Å². The van der Waals surface area contributed by atoms with Gasteiger partial charge < -0.3 is 9.80 Å². The van der Waals surface area contributed by atoms with Crippen molar-refractivity contribution in [3.8, 4) is 10.6 Å². The minimum Gasteiger partial charge on any atom is -0.353 e. The minimum absolute atomic E-state index is 0.0245. The molecule has 162 valence electrons. The number of nitrogens with zero attached hydrogens (tertiary/aromatic N) is 5. The highest BCUT2D eigenvalue weighted by Crippen LogP contribution is 2.28. The molecule has 1 aliphatic heterocycles. The average molecular weight is 464 g/mol. The normalized spacial score (nSPS) is 14.0. The second-order valence-electron chi connectivity index (χ2n) is 7.67. The third kappa shape index (κ3) is 4.40. The summed E-state index contributed by atoms with van der Waals surface area (Å²) in [7, 11) is 0. The molecule has 1 fully saturated rings. The van der Waals surface area contributed by atoms with Crippen molar-refractivity contribution in [1.29, 1.82) is 0 Å². The first-order chi connectivity index (χ1) is 15.7. The van der Waals surface area contributed by atoms with Crippen molar-refractivity contribution in [2.24, 2.45) is 0 Å². The third-order valence-corrected chi connectivity index (χ3v) is 6.64. The van der Waals surface area contributed by atoms with Gasteiger partial charge in [-0.25, -0.2) is 4.98 Å². The number of carbonyl (C=O) groups excluding carboxylic acids is 1. The zero-order chi connectivity index (χ0) is 21.9. The maximum absolute atomic E-state index is 13.5. The number of amides is 1. The Morgan fingerprint density at radius 1 is 1.00 bits per heavy atom. The van der Waals surface area contributed by atoms with Crippen LogP contribution in [-0.4, -0.2) is 51.8 Å². The average Bonchev–Trinajstić information content (AvgIpc) is 3.50. The predicted molar refractivity (Wildman–Crippen MR) is 128 cm³/mol. The SMILES string of the molecule is O=C(c1cn(Cc2ccccc2)nc1-c1cccs1)N1CCN(c2ccc(Cl)cn2)CC1. The summed E-state index contributed by atoms with van der Waals surface area (Å²) in [6, 6.07) is 17.9. The van der Waals surface area contributed by atoms with Gasteiger partial charge in [-0.15, -0.1) is 11.3 Å². The van der Waals surface area contributed by atoms with Crippen molar-refractivity contribution in [2.45, 2.75) is 6.54 Å². The van der Waals surface area contributed by atoms with Crippen LogP contribution in [0.25, 0.3) is 10.6 Å². The van der Waals surface area contributed by atoms with Crippen LogP contribution in [-0.2, 0) is 6.54 Å². The monoisotopic (exact) mass is 463 g/mol. The number of benzene rings is 1. The number of anilines is 1. The van der Waals surface area contributed by atoms with E-state index in [2.05, 4.69) is 22.0 Å². The van der Waals surface area contributed by atoms with E-state index in [0.717, 1.165) is 35.0 Å². The highest BCUT2D eigenvalue weighted by Gasteiger charge is 2.27. The Kier molecular flexibility index (Phi) is 5.92. The summed E-state index contributed by atoms with van der Waals surface area (Å²) in [4.78, 5) is 23.0. The molecule has 6 nitrogen and oxygen atoms in total. The molecule has 4 aromatic rings. The number of hydrogen-bond acceptors (Lipinski definition) is 5. The summed E-state index contributed by atoms with van der Waals surface area (Å²) >= 11 is 7.55. The molecule has 1 saturated heterocycles. The summed E-state index contributed by atoms with van der Waals surface area (Å²) in [6.45, 7) is 3.36. The molecule has 1 aliphatic rings. The molecule has 0 unspecified atom stereocenters. The van der Waals surface area contributed by atoms with Crippen LogP contribution in [0.2, 0.25) is 5.02 Å². The predicted octanol–water partition coefficient (Wildman–Crippen LogP) is 4.67. The van der Waals surface area contributed by atoms with Crippen LogP contribution in [0.3, 0.4) is 0 Å². The maximum Gasteiger partial charge on any atom is 0.257 e. The van der Waals surface area contributed by atoms with Crippen LogP contribution in [0.15, 0.2) is 72.4 Å². The number of aromatic nitrogens is 3. The van der Waals surface area contributed by atoms with Gasteiger partial charge >= 0.3 is 0 Å². The zero-order valence-electron chi connectivity index (χ0n) is 17.4. The Morgan fingerprint density at radius 2 is 1.81 bits per heavy atom. The smallest absolute Gasteiger partial charge is 0.257 e. The Morgan fingerprint density at radius 3 is 2.50 bits per heavy atom. The van der Waals surface area contributed by atoms with Crippen molar-refractivity contribution < 1.29 is 4.79 Å². The Bertz CT molecular complexity index is 1180. The van der Waals surface area contributed by atoms with Crippen LogP contribution in [0.1, 0.15) is 15.9 Å². The molecule has 1 aromatic carbocycles. The van der Waals surface area contributed by atoms with Gasteiger partial charge in [0, 0.05) is 38.6 Å². The van der Waals surface area contributed by atoms with E-state index >= 15 is 0 Å². The van der Waals surface area contributed by atoms with E-state index in [-0.39, 0.29) is 5.91 Å². The van der Waals surface area contributed by atoms with E-state index in [4.69, 9.17) is 16.7 Å². The Balaban J connectivity index is 1.35. The van der Waals surface area contributed by atoms with Gasteiger partial charge in [0.15, 0.2) is 0 Å². The van der Waals surface area contributed by atoms with Gasteiger partial charge in [0.1, 0.15) is 11.5 Å². The third-order valence-electron chi connectivity index (χ3n) is 5.54. The molecule has 0 atom stereocenters. The van der Waals surface area contributed by atoms with Gasteiger partial charge in [-0.05, 0) is 29.1 Å². The minimum atomic E-state index is 0.0245. The zero-order valence-corrected chi connectivity index (χ0v) is 19.0. The lowest BCUT2D eigenvalue weighted by atomic mass is 10.1. The van der Waals surface area contributed by atoms with Crippen molar-refractivity contribution in [2.75, 3.05) is 31.1 Å². The number of thiophene rings is 1. The number of pyridine rings is 1. The highest BCUT2D eigenvalue weighted by molar-refractivity contribution is 7.13. The quantitative estimate of drug-likeness (QED) is 0.431. The molecule has 3 aromatic heterocycles. The van der Waals surface area contributed by atoms with Crippen LogP contribution >= 0.6 is 22.9 Å². The van der Waals surface area contributed by atoms with Crippen LogP contribution in [0.4, 0.5) is 5.82 Å². The summed E-state index contributed by atoms with van der Waals surface area (Å²) in [5, 5.41) is 7.41. The fourth-order valence-electron chi connectivity index (χ4n) is 3.89. The molecule has 8 heteroatoms. The van der Waals surface area contributed by atoms with Gasteiger partial charge in [-0.2, -0.15) is 5.10 Å². The number of carbonyl (C=O) groups is 1. The molecule has 0 bridgehead atoms. The molecule has 32 heavy (non-hydrogen) atoms. The Hall–Kier alpha value is -3.16. The molecule has 1 amide bonds. The Labute approximate surface area is 195 Å². The molecule has 0 N–H and O–H groups in total. The molecule has 0 radical (unpaired) electrons. The van der Waals surface area contributed by atoms with E-state index < -0.39 is 0 Å². The van der Waals surface area contributed by atoms with E-state index in [1.807, 2.05) is 63.6 Å². The van der Waals surface area contributed by atoms with Crippen molar-refractivity contribution in [3.63, 3.8) is 0 Å². The number of rotatable bonds is 5. The van der Waals surface area contributed by atoms with Gasteiger partial charge in [-0.3, -0.25) is 9.48 Å². The molecule has 4 heterocycles. The van der Waals surface area contributed by atoms with Crippen molar-refractivity contribution >= 4 is 34.7 Å². The summed E-state index contributed by atoms with van der Waals surface area (Å²) < 4.78 is 1.87. The van der Waals surface area contributed by atoms with Crippen molar-refractivity contribution in [1.82, 2.24) is 19.7 Å². The summed E-state index contributed by atoms with van der Waals surface area (Å²) in [6.07, 6.45) is 3.54. The second kappa shape index (κ2) is 9.14. The molecular weight excluding hydrogens is 442 g/mol. The second-order valence-corrected chi connectivity index (χ2v) is 9.05. The fraction of sp³-hybridized carbons (Fsp3) is 0.208. The number of piperazine rings is 1. The number of hydrogen-bond donors (Lipinski definition) is 0. The largest absolute Gasteiger partial charge is 0.353 e. The van der Waals surface area contributed by atoms with E-state index in [1.165, 1.54) is 0 Å². The molecule has 0 saturated carbocycles.